The van der Waals surface area contributed by atoms with Crippen molar-refractivity contribution in [2.75, 3.05) is 0 Å². The van der Waals surface area contributed by atoms with Crippen LogP contribution in [0.1, 0.15) is 26.0 Å². The van der Waals surface area contributed by atoms with Crippen molar-refractivity contribution in [3.63, 3.8) is 0 Å². The predicted octanol–water partition coefficient (Wildman–Crippen LogP) is 1.52. The maximum absolute atomic E-state index is 10.1. The van der Waals surface area contributed by atoms with Crippen molar-refractivity contribution in [3.05, 3.63) is 30.1 Å². The van der Waals surface area contributed by atoms with E-state index in [-0.39, 0.29) is 13.5 Å². The van der Waals surface area contributed by atoms with E-state index in [1.807, 2.05) is 19.1 Å². The maximum Gasteiger partial charge on any atom is 0.207 e. The molecule has 3 nitrogen and oxygen atoms in total. The van der Waals surface area contributed by atoms with Gasteiger partial charge in [0.25, 0.3) is 0 Å². The highest BCUT2D eigenvalue weighted by Crippen LogP contribution is 2.07. The molecule has 0 bridgehead atoms. The Labute approximate surface area is 72.8 Å². The highest BCUT2D eigenvalue weighted by molar-refractivity contribution is 5.47. The summed E-state index contributed by atoms with van der Waals surface area (Å²) in [7, 11) is 0. The first-order chi connectivity index (χ1) is 5.34. The number of carbonyl (C=O) groups is 1. The molecule has 0 spiro atoms. The first-order valence-electron chi connectivity index (χ1n) is 3.44. The molecule has 1 N–H and O–H groups in total. The SMILES string of the molecule is C.CC(NC=O)c1cccnc1. The Morgan fingerprint density at radius 1 is 1.67 bits per heavy atom. The zero-order chi connectivity index (χ0) is 8.10. The van der Waals surface area contributed by atoms with Crippen LogP contribution in [-0.4, -0.2) is 11.4 Å². The van der Waals surface area contributed by atoms with Crippen molar-refractivity contribution < 1.29 is 4.79 Å². The molecule has 1 atom stereocenters. The molecule has 0 aliphatic rings. The summed E-state index contributed by atoms with van der Waals surface area (Å²) in [6, 6.07) is 3.81. The van der Waals surface area contributed by atoms with Gasteiger partial charge >= 0.3 is 0 Å². The second-order valence-electron chi connectivity index (χ2n) is 2.29. The minimum atomic E-state index is 0. The fraction of sp³-hybridized carbons (Fsp3) is 0.333. The number of pyridine rings is 1. The molecule has 0 radical (unpaired) electrons. The number of nitrogens with one attached hydrogen (secondary N) is 1. The lowest BCUT2D eigenvalue weighted by Crippen LogP contribution is -2.15. The first kappa shape index (κ1) is 10.6. The third-order valence-corrected chi connectivity index (χ3v) is 1.50. The van der Waals surface area contributed by atoms with E-state index in [0.29, 0.717) is 6.41 Å². The van der Waals surface area contributed by atoms with Crippen LogP contribution in [0.3, 0.4) is 0 Å². The van der Waals surface area contributed by atoms with E-state index in [1.165, 1.54) is 0 Å². The number of hydrogen-bond donors (Lipinski definition) is 1. The molecule has 1 rings (SSSR count). The van der Waals surface area contributed by atoms with Gasteiger partial charge in [0, 0.05) is 12.4 Å². The Morgan fingerprint density at radius 2 is 2.42 bits per heavy atom. The van der Waals surface area contributed by atoms with Gasteiger partial charge in [0.2, 0.25) is 6.41 Å². The molecule has 1 unspecified atom stereocenters. The van der Waals surface area contributed by atoms with E-state index in [4.69, 9.17) is 0 Å². The smallest absolute Gasteiger partial charge is 0.207 e. The second-order valence-corrected chi connectivity index (χ2v) is 2.29. The maximum atomic E-state index is 10.1. The van der Waals surface area contributed by atoms with E-state index in [9.17, 15) is 4.79 Å². The van der Waals surface area contributed by atoms with Gasteiger partial charge in [-0.3, -0.25) is 9.78 Å². The molecule has 1 amide bonds. The number of rotatable bonds is 3. The Hall–Kier alpha value is -1.38. The monoisotopic (exact) mass is 166 g/mol. The van der Waals surface area contributed by atoms with E-state index in [2.05, 4.69) is 10.3 Å². The van der Waals surface area contributed by atoms with Crippen LogP contribution in [0.2, 0.25) is 0 Å². The van der Waals surface area contributed by atoms with Crippen LogP contribution in [0.4, 0.5) is 0 Å². The number of nitrogens with zero attached hydrogens (tertiary/aromatic N) is 1. The average Bonchev–Trinajstić information content (AvgIpc) is 2.07. The summed E-state index contributed by atoms with van der Waals surface area (Å²) in [5.41, 5.74) is 1.01. The summed E-state index contributed by atoms with van der Waals surface area (Å²) in [5, 5.41) is 2.64. The zero-order valence-corrected chi connectivity index (χ0v) is 6.32. The van der Waals surface area contributed by atoms with E-state index in [1.54, 1.807) is 12.4 Å². The van der Waals surface area contributed by atoms with Crippen LogP contribution in [-0.2, 0) is 4.79 Å². The standard InChI is InChI=1S/C8H10N2O.CH4/c1-7(10-6-11)8-3-2-4-9-5-8;/h2-7H,1H3,(H,10,11);1H4. The van der Waals surface area contributed by atoms with Gasteiger partial charge in [-0.05, 0) is 18.6 Å². The number of aromatic nitrogens is 1. The fourth-order valence-corrected chi connectivity index (χ4v) is 0.830. The van der Waals surface area contributed by atoms with Gasteiger partial charge in [0.1, 0.15) is 0 Å². The average molecular weight is 166 g/mol. The summed E-state index contributed by atoms with van der Waals surface area (Å²) in [6.07, 6.45) is 4.13. The van der Waals surface area contributed by atoms with Crippen molar-refractivity contribution in [2.45, 2.75) is 20.4 Å². The van der Waals surface area contributed by atoms with Gasteiger partial charge in [-0.2, -0.15) is 0 Å². The quantitative estimate of drug-likeness (QED) is 0.692. The number of amides is 1. The largest absolute Gasteiger partial charge is 0.352 e. The fourth-order valence-electron chi connectivity index (χ4n) is 0.830. The zero-order valence-electron chi connectivity index (χ0n) is 6.32. The Balaban J connectivity index is 0.00000121. The minimum Gasteiger partial charge on any atom is -0.352 e. The van der Waals surface area contributed by atoms with Crippen LogP contribution in [0.5, 0.6) is 0 Å². The molecule has 0 saturated carbocycles. The molecule has 1 aromatic rings. The van der Waals surface area contributed by atoms with E-state index >= 15 is 0 Å². The number of carbonyl (C=O) groups excluding carboxylic acids is 1. The third-order valence-electron chi connectivity index (χ3n) is 1.50. The molecule has 0 saturated heterocycles. The van der Waals surface area contributed by atoms with Crippen molar-refractivity contribution in [3.8, 4) is 0 Å². The van der Waals surface area contributed by atoms with Crippen LogP contribution < -0.4 is 5.32 Å². The van der Waals surface area contributed by atoms with Crippen LogP contribution in [0, 0.1) is 0 Å². The summed E-state index contributed by atoms with van der Waals surface area (Å²) in [6.45, 7) is 1.91. The van der Waals surface area contributed by atoms with Gasteiger partial charge in [0.05, 0.1) is 6.04 Å². The van der Waals surface area contributed by atoms with Crippen molar-refractivity contribution in [1.29, 1.82) is 0 Å². The lowest BCUT2D eigenvalue weighted by molar-refractivity contribution is -0.110. The molecule has 12 heavy (non-hydrogen) atoms. The molecular weight excluding hydrogens is 152 g/mol. The molecule has 1 aromatic heterocycles. The molecule has 3 heteroatoms. The second kappa shape index (κ2) is 5.29. The summed E-state index contributed by atoms with van der Waals surface area (Å²) in [5.74, 6) is 0. The van der Waals surface area contributed by atoms with Gasteiger partial charge in [-0.1, -0.05) is 13.5 Å². The van der Waals surface area contributed by atoms with Gasteiger partial charge in [-0.25, -0.2) is 0 Å². The molecule has 0 aromatic carbocycles. The highest BCUT2D eigenvalue weighted by Gasteiger charge is 2.00. The molecule has 0 fully saturated rings. The summed E-state index contributed by atoms with van der Waals surface area (Å²) < 4.78 is 0. The van der Waals surface area contributed by atoms with Crippen molar-refractivity contribution in [1.82, 2.24) is 10.3 Å². The molecule has 0 aliphatic heterocycles. The predicted molar refractivity (Wildman–Crippen MR) is 48.6 cm³/mol. The lowest BCUT2D eigenvalue weighted by atomic mass is 10.1. The van der Waals surface area contributed by atoms with Crippen LogP contribution >= 0.6 is 0 Å². The van der Waals surface area contributed by atoms with Gasteiger partial charge in [-0.15, -0.1) is 0 Å². The van der Waals surface area contributed by atoms with Crippen LogP contribution in [0.25, 0.3) is 0 Å². The summed E-state index contributed by atoms with van der Waals surface area (Å²) in [4.78, 5) is 14.0. The van der Waals surface area contributed by atoms with Crippen LogP contribution in [0.15, 0.2) is 24.5 Å². The normalized spacial score (nSPS) is 11.1. The van der Waals surface area contributed by atoms with Crippen molar-refractivity contribution in [2.24, 2.45) is 0 Å². The highest BCUT2D eigenvalue weighted by atomic mass is 16.1. The topological polar surface area (TPSA) is 42.0 Å². The Morgan fingerprint density at radius 3 is 2.92 bits per heavy atom. The number of hydrogen-bond acceptors (Lipinski definition) is 2. The lowest BCUT2D eigenvalue weighted by Gasteiger charge is -2.08. The molecule has 0 aliphatic carbocycles. The Bertz CT molecular complexity index is 223. The minimum absolute atomic E-state index is 0. The van der Waals surface area contributed by atoms with E-state index in [0.717, 1.165) is 5.56 Å². The van der Waals surface area contributed by atoms with Gasteiger partial charge in [0.15, 0.2) is 0 Å². The first-order valence-corrected chi connectivity index (χ1v) is 3.44. The third kappa shape index (κ3) is 2.70. The summed E-state index contributed by atoms with van der Waals surface area (Å²) >= 11 is 0. The van der Waals surface area contributed by atoms with Gasteiger partial charge < -0.3 is 5.32 Å². The molecule has 1 heterocycles. The Kier molecular flexibility index (Phi) is 4.69. The van der Waals surface area contributed by atoms with Crippen molar-refractivity contribution >= 4 is 6.41 Å². The molecule has 66 valence electrons. The molecular formula is C9H14N2O. The van der Waals surface area contributed by atoms with E-state index < -0.39 is 0 Å².